The van der Waals surface area contributed by atoms with Gasteiger partial charge < -0.3 is 10.3 Å². The highest BCUT2D eigenvalue weighted by atomic mass is 79.9. The summed E-state index contributed by atoms with van der Waals surface area (Å²) in [5.41, 5.74) is 1.26. The van der Waals surface area contributed by atoms with Gasteiger partial charge in [-0.2, -0.15) is 0 Å². The molecule has 1 aliphatic rings. The second-order valence-corrected chi connectivity index (χ2v) is 5.44. The molecule has 2 N–H and O–H groups in total. The predicted octanol–water partition coefficient (Wildman–Crippen LogP) is 3.23. The molecule has 0 spiro atoms. The van der Waals surface area contributed by atoms with Crippen LogP contribution in [0.15, 0.2) is 28.9 Å². The summed E-state index contributed by atoms with van der Waals surface area (Å²) in [5, 5.41) is 3.37. The Balaban J connectivity index is 1.78. The van der Waals surface area contributed by atoms with Gasteiger partial charge in [-0.15, -0.1) is 0 Å². The molecule has 0 atom stereocenters. The van der Waals surface area contributed by atoms with E-state index in [0.717, 1.165) is 10.3 Å². The molecule has 0 bridgehead atoms. The predicted molar refractivity (Wildman–Crippen MR) is 71.5 cm³/mol. The molecule has 0 aliphatic heterocycles. The van der Waals surface area contributed by atoms with Crippen LogP contribution in [0, 0.1) is 5.82 Å². The topological polar surface area (TPSA) is 40.7 Å². The number of nitrogens with zero attached hydrogens (tertiary/aromatic N) is 1. The fraction of sp³-hybridized carbons (Fsp3) is 0.308. The third kappa shape index (κ3) is 2.62. The maximum absolute atomic E-state index is 13.8. The lowest BCUT2D eigenvalue weighted by atomic mass is 10.1. The third-order valence-corrected chi connectivity index (χ3v) is 3.48. The standard InChI is InChI=1S/C13H13BrFN3/c14-8-1-4-10(11(15)5-8)12-6-17-13(18-12)7-16-9-2-3-9/h1,4-6,9,16H,2-3,7H2,(H,17,18). The van der Waals surface area contributed by atoms with Gasteiger partial charge in [0.25, 0.3) is 0 Å². The van der Waals surface area contributed by atoms with Crippen LogP contribution in [-0.4, -0.2) is 16.0 Å². The number of halogens is 2. The Hall–Kier alpha value is -1.20. The van der Waals surface area contributed by atoms with Crippen LogP contribution in [0.3, 0.4) is 0 Å². The summed E-state index contributed by atoms with van der Waals surface area (Å²) in [4.78, 5) is 7.40. The molecule has 1 aromatic carbocycles. The van der Waals surface area contributed by atoms with Gasteiger partial charge in [0, 0.05) is 16.1 Å². The summed E-state index contributed by atoms with van der Waals surface area (Å²) in [5.74, 6) is 0.592. The van der Waals surface area contributed by atoms with Gasteiger partial charge in [-0.25, -0.2) is 9.37 Å². The zero-order valence-corrected chi connectivity index (χ0v) is 11.3. The minimum absolute atomic E-state index is 0.255. The van der Waals surface area contributed by atoms with Crippen molar-refractivity contribution >= 4 is 15.9 Å². The Bertz CT molecular complexity index is 563. The van der Waals surface area contributed by atoms with Crippen molar-refractivity contribution in [3.63, 3.8) is 0 Å². The Morgan fingerprint density at radius 3 is 3.00 bits per heavy atom. The molecule has 2 aromatic rings. The van der Waals surface area contributed by atoms with Crippen LogP contribution in [0.4, 0.5) is 4.39 Å². The third-order valence-electron chi connectivity index (χ3n) is 2.99. The zero-order valence-electron chi connectivity index (χ0n) is 9.71. The molecule has 0 amide bonds. The molecule has 3 rings (SSSR count). The molecule has 94 valence electrons. The molecule has 1 aromatic heterocycles. The fourth-order valence-corrected chi connectivity index (χ4v) is 2.16. The number of benzene rings is 1. The number of hydrogen-bond acceptors (Lipinski definition) is 2. The second-order valence-electron chi connectivity index (χ2n) is 4.52. The first-order valence-electron chi connectivity index (χ1n) is 5.95. The van der Waals surface area contributed by atoms with Gasteiger partial charge in [-0.1, -0.05) is 15.9 Å². The van der Waals surface area contributed by atoms with Crippen LogP contribution in [0.2, 0.25) is 0 Å². The van der Waals surface area contributed by atoms with E-state index in [0.29, 0.717) is 23.8 Å². The Kier molecular flexibility index (Phi) is 3.18. The summed E-state index contributed by atoms with van der Waals surface area (Å²) < 4.78 is 14.5. The maximum atomic E-state index is 13.8. The van der Waals surface area contributed by atoms with Gasteiger partial charge in [-0.05, 0) is 31.0 Å². The molecule has 0 radical (unpaired) electrons. The van der Waals surface area contributed by atoms with Gasteiger partial charge in [-0.3, -0.25) is 0 Å². The van der Waals surface area contributed by atoms with E-state index in [1.54, 1.807) is 12.3 Å². The Labute approximate surface area is 113 Å². The number of nitrogens with one attached hydrogen (secondary N) is 2. The summed E-state index contributed by atoms with van der Waals surface area (Å²) in [7, 11) is 0. The zero-order chi connectivity index (χ0) is 12.5. The Morgan fingerprint density at radius 1 is 1.44 bits per heavy atom. The van der Waals surface area contributed by atoms with Gasteiger partial charge in [0.15, 0.2) is 0 Å². The van der Waals surface area contributed by atoms with E-state index in [-0.39, 0.29) is 5.82 Å². The number of aromatic nitrogens is 2. The molecule has 0 saturated heterocycles. The molecular weight excluding hydrogens is 297 g/mol. The van der Waals surface area contributed by atoms with Gasteiger partial charge in [0.1, 0.15) is 11.6 Å². The first-order chi connectivity index (χ1) is 8.72. The van der Waals surface area contributed by atoms with Crippen molar-refractivity contribution in [1.29, 1.82) is 0 Å². The molecule has 5 heteroatoms. The number of hydrogen-bond donors (Lipinski definition) is 2. The highest BCUT2D eigenvalue weighted by Gasteiger charge is 2.20. The number of rotatable bonds is 4. The average Bonchev–Trinajstić information content (AvgIpc) is 3.05. The van der Waals surface area contributed by atoms with Crippen molar-refractivity contribution in [3.05, 3.63) is 40.5 Å². The van der Waals surface area contributed by atoms with E-state index in [1.807, 2.05) is 6.07 Å². The summed E-state index contributed by atoms with van der Waals surface area (Å²) in [6, 6.07) is 5.66. The quantitative estimate of drug-likeness (QED) is 0.910. The molecule has 1 aliphatic carbocycles. The fourth-order valence-electron chi connectivity index (χ4n) is 1.83. The largest absolute Gasteiger partial charge is 0.341 e. The molecule has 3 nitrogen and oxygen atoms in total. The van der Waals surface area contributed by atoms with Gasteiger partial charge in [0.05, 0.1) is 18.4 Å². The van der Waals surface area contributed by atoms with Crippen LogP contribution in [-0.2, 0) is 6.54 Å². The van der Waals surface area contributed by atoms with Crippen molar-refractivity contribution in [2.45, 2.75) is 25.4 Å². The molecular formula is C13H13BrFN3. The van der Waals surface area contributed by atoms with Crippen LogP contribution in [0.5, 0.6) is 0 Å². The lowest BCUT2D eigenvalue weighted by Crippen LogP contribution is -2.16. The average molecular weight is 310 g/mol. The highest BCUT2D eigenvalue weighted by Crippen LogP contribution is 2.24. The van der Waals surface area contributed by atoms with E-state index in [4.69, 9.17) is 0 Å². The lowest BCUT2D eigenvalue weighted by Gasteiger charge is -2.01. The van der Waals surface area contributed by atoms with Crippen LogP contribution in [0.25, 0.3) is 11.3 Å². The minimum atomic E-state index is -0.255. The lowest BCUT2D eigenvalue weighted by molar-refractivity contribution is 0.629. The Morgan fingerprint density at radius 2 is 2.28 bits per heavy atom. The number of imidazole rings is 1. The van der Waals surface area contributed by atoms with Crippen molar-refractivity contribution in [3.8, 4) is 11.3 Å². The van der Waals surface area contributed by atoms with Gasteiger partial charge >= 0.3 is 0 Å². The normalized spacial score (nSPS) is 15.0. The summed E-state index contributed by atoms with van der Waals surface area (Å²) in [6.45, 7) is 0.711. The molecule has 1 saturated carbocycles. The van der Waals surface area contributed by atoms with E-state index >= 15 is 0 Å². The van der Waals surface area contributed by atoms with E-state index in [2.05, 4.69) is 31.2 Å². The van der Waals surface area contributed by atoms with E-state index in [9.17, 15) is 4.39 Å². The van der Waals surface area contributed by atoms with Crippen LogP contribution >= 0.6 is 15.9 Å². The second kappa shape index (κ2) is 4.82. The monoisotopic (exact) mass is 309 g/mol. The van der Waals surface area contributed by atoms with Crippen LogP contribution < -0.4 is 5.32 Å². The van der Waals surface area contributed by atoms with E-state index in [1.165, 1.54) is 18.9 Å². The van der Waals surface area contributed by atoms with Crippen molar-refractivity contribution in [2.24, 2.45) is 0 Å². The molecule has 18 heavy (non-hydrogen) atoms. The number of aromatic amines is 1. The highest BCUT2D eigenvalue weighted by molar-refractivity contribution is 9.10. The first-order valence-corrected chi connectivity index (χ1v) is 6.74. The molecule has 1 fully saturated rings. The van der Waals surface area contributed by atoms with Crippen LogP contribution in [0.1, 0.15) is 18.7 Å². The van der Waals surface area contributed by atoms with E-state index < -0.39 is 0 Å². The van der Waals surface area contributed by atoms with Gasteiger partial charge in [0.2, 0.25) is 0 Å². The van der Waals surface area contributed by atoms with Crippen molar-refractivity contribution < 1.29 is 4.39 Å². The minimum Gasteiger partial charge on any atom is -0.341 e. The number of H-pyrrole nitrogens is 1. The van der Waals surface area contributed by atoms with Crippen molar-refractivity contribution in [1.82, 2.24) is 15.3 Å². The molecule has 1 heterocycles. The summed E-state index contributed by atoms with van der Waals surface area (Å²) >= 11 is 3.25. The van der Waals surface area contributed by atoms with Crippen molar-refractivity contribution in [2.75, 3.05) is 0 Å². The molecule has 0 unspecified atom stereocenters. The summed E-state index contributed by atoms with van der Waals surface area (Å²) in [6.07, 6.45) is 4.17. The SMILES string of the molecule is Fc1cc(Br)ccc1-c1cnc(CNC2CC2)[nH]1. The smallest absolute Gasteiger partial charge is 0.133 e. The first kappa shape index (κ1) is 11.9. The maximum Gasteiger partial charge on any atom is 0.133 e.